The van der Waals surface area contributed by atoms with Gasteiger partial charge in [-0.05, 0) is 111 Å². The molecule has 0 saturated carbocycles. The molecule has 0 aliphatic carbocycles. The molecule has 0 heterocycles. The average molecular weight is 602 g/mol. The van der Waals surface area contributed by atoms with Crippen LogP contribution in [0.15, 0.2) is 12.6 Å². The third kappa shape index (κ3) is 7.84. The maximum absolute atomic E-state index is 12.2. The van der Waals surface area contributed by atoms with E-state index in [1.54, 1.807) is 47.6 Å². The van der Waals surface area contributed by atoms with Crippen molar-refractivity contribution in [2.75, 3.05) is 0 Å². The van der Waals surface area contributed by atoms with E-state index in [9.17, 15) is 9.59 Å². The van der Waals surface area contributed by atoms with Crippen molar-refractivity contribution >= 4 is 63.1 Å². The quantitative estimate of drug-likeness (QED) is 0.222. The van der Waals surface area contributed by atoms with E-state index in [1.807, 2.05) is 52.1 Å². The molecule has 0 aliphatic heterocycles. The molecule has 1 aromatic carbocycles. The summed E-state index contributed by atoms with van der Waals surface area (Å²) in [5.74, 6) is 0.172. The summed E-state index contributed by atoms with van der Waals surface area (Å²) in [5.41, 5.74) is 0.0955. The van der Waals surface area contributed by atoms with Gasteiger partial charge in [0.15, 0.2) is 11.5 Å². The molecule has 0 radical (unpaired) electrons. The monoisotopic (exact) mass is 602 g/mol. The summed E-state index contributed by atoms with van der Waals surface area (Å²) in [6, 6.07) is 1.80. The molecule has 0 unspecified atom stereocenters. The number of carbonyl (C=O) groups is 2. The summed E-state index contributed by atoms with van der Waals surface area (Å²) in [7, 11) is 0. The van der Waals surface area contributed by atoms with Gasteiger partial charge in [-0.25, -0.2) is 9.59 Å². The number of ether oxygens (including phenoxy) is 4. The highest BCUT2D eigenvalue weighted by molar-refractivity contribution is 14.1. The van der Waals surface area contributed by atoms with Crippen LogP contribution in [0.2, 0.25) is 0 Å². The van der Waals surface area contributed by atoms with Crippen molar-refractivity contribution in [3.8, 4) is 11.5 Å². The van der Waals surface area contributed by atoms with Gasteiger partial charge in [0, 0.05) is 0 Å². The van der Waals surface area contributed by atoms with E-state index in [2.05, 4.69) is 6.58 Å². The first kappa shape index (κ1) is 24.0. The fourth-order valence-corrected chi connectivity index (χ4v) is 3.43. The summed E-state index contributed by atoms with van der Waals surface area (Å²) in [6.45, 7) is 16.1. The molecule has 1 rings (SSSR count). The van der Waals surface area contributed by atoms with E-state index < -0.39 is 23.5 Å². The molecule has 150 valence electrons. The van der Waals surface area contributed by atoms with E-state index in [1.165, 1.54) is 0 Å². The second-order valence-corrected chi connectivity index (χ2v) is 10.0. The molecule has 0 atom stereocenters. The number of rotatable bonds is 3. The first-order valence-corrected chi connectivity index (χ1v) is 10.3. The van der Waals surface area contributed by atoms with Crippen LogP contribution in [0.1, 0.15) is 54.0 Å². The Morgan fingerprint density at radius 3 is 1.67 bits per heavy atom. The van der Waals surface area contributed by atoms with Crippen molar-refractivity contribution in [1.82, 2.24) is 0 Å². The van der Waals surface area contributed by atoms with Crippen molar-refractivity contribution in [2.45, 2.75) is 59.7 Å². The molecule has 0 aromatic heterocycles. The van der Waals surface area contributed by atoms with Gasteiger partial charge in [0.05, 0.1) is 7.14 Å². The minimum atomic E-state index is -0.899. The van der Waals surface area contributed by atoms with Gasteiger partial charge >= 0.3 is 12.3 Å². The lowest BCUT2D eigenvalue weighted by Gasteiger charge is -2.22. The summed E-state index contributed by atoms with van der Waals surface area (Å²) in [6.07, 6.45) is -1.79. The predicted molar refractivity (Wildman–Crippen MR) is 120 cm³/mol. The summed E-state index contributed by atoms with van der Waals surface area (Å²) < 4.78 is 22.3. The molecular weight excluding hydrogens is 578 g/mol. The Kier molecular flexibility index (Phi) is 7.98. The predicted octanol–water partition coefficient (Wildman–Crippen LogP) is 6.56. The Morgan fingerprint density at radius 2 is 1.30 bits per heavy atom. The Balaban J connectivity index is 3.35. The van der Waals surface area contributed by atoms with Crippen LogP contribution in [-0.4, -0.2) is 23.5 Å². The molecular formula is C19H24I2O6. The van der Waals surface area contributed by atoms with Gasteiger partial charge in [-0.2, -0.15) is 0 Å². The molecule has 0 saturated heterocycles. The highest BCUT2D eigenvalue weighted by Crippen LogP contribution is 2.41. The Labute approximate surface area is 187 Å². The number of benzene rings is 1. The zero-order chi connectivity index (χ0) is 21.2. The molecule has 1 aromatic rings. The van der Waals surface area contributed by atoms with Crippen molar-refractivity contribution < 1.29 is 28.5 Å². The number of allylic oxidation sites excluding steroid dienone is 1. The minimum Gasteiger partial charge on any atom is -0.428 e. The maximum Gasteiger partial charge on any atom is 0.514 e. The number of carbonyl (C=O) groups excluding carboxylic acids is 2. The minimum absolute atomic E-state index is 0.0839. The van der Waals surface area contributed by atoms with Crippen molar-refractivity contribution in [3.05, 3.63) is 25.3 Å². The summed E-state index contributed by atoms with van der Waals surface area (Å²) >= 11 is 4.01. The lowest BCUT2D eigenvalue weighted by molar-refractivity contribution is 0.0134. The zero-order valence-corrected chi connectivity index (χ0v) is 20.8. The molecule has 0 fully saturated rings. The van der Waals surface area contributed by atoms with E-state index in [0.717, 1.165) is 11.1 Å². The van der Waals surface area contributed by atoms with Crippen molar-refractivity contribution in [1.29, 1.82) is 0 Å². The molecule has 0 amide bonds. The van der Waals surface area contributed by atoms with E-state index in [0.29, 0.717) is 7.14 Å². The van der Waals surface area contributed by atoms with Crippen LogP contribution >= 0.6 is 45.2 Å². The summed E-state index contributed by atoms with van der Waals surface area (Å²) in [5, 5.41) is 0. The van der Waals surface area contributed by atoms with Gasteiger partial charge in [-0.1, -0.05) is 6.58 Å². The highest BCUT2D eigenvalue weighted by atomic mass is 127. The lowest BCUT2D eigenvalue weighted by atomic mass is 10.1. The maximum atomic E-state index is 12.2. The van der Waals surface area contributed by atoms with Gasteiger partial charge < -0.3 is 18.9 Å². The second-order valence-electron chi connectivity index (χ2n) is 7.79. The summed E-state index contributed by atoms with van der Waals surface area (Å²) in [4.78, 5) is 24.3. The van der Waals surface area contributed by atoms with Crippen LogP contribution in [0.5, 0.6) is 11.5 Å². The first-order chi connectivity index (χ1) is 12.1. The van der Waals surface area contributed by atoms with Crippen LogP contribution in [0, 0.1) is 7.14 Å². The van der Waals surface area contributed by atoms with Gasteiger partial charge in [0.2, 0.25) is 0 Å². The second kappa shape index (κ2) is 8.97. The Morgan fingerprint density at radius 1 is 0.889 bits per heavy atom. The molecule has 0 N–H and O–H groups in total. The van der Waals surface area contributed by atoms with Crippen LogP contribution in [0.3, 0.4) is 0 Å². The van der Waals surface area contributed by atoms with Crippen LogP contribution < -0.4 is 9.47 Å². The third-order valence-corrected chi connectivity index (χ3v) is 4.61. The van der Waals surface area contributed by atoms with Gasteiger partial charge in [-0.3, -0.25) is 0 Å². The normalized spacial score (nSPS) is 11.6. The largest absolute Gasteiger partial charge is 0.514 e. The van der Waals surface area contributed by atoms with Crippen molar-refractivity contribution in [3.63, 3.8) is 0 Å². The van der Waals surface area contributed by atoms with Gasteiger partial charge in [0.25, 0.3) is 0 Å². The standard InChI is InChI=1S/C19H24I2O6/c1-10(2)11-9-12(20)14(24-16(22)26-18(3,4)5)15(13(11)21)25-17(23)27-19(6,7)8/h9H,1H2,2-8H3. The van der Waals surface area contributed by atoms with Gasteiger partial charge in [-0.15, -0.1) is 0 Å². The fraction of sp³-hybridized carbons (Fsp3) is 0.474. The number of hydrogen-bond donors (Lipinski definition) is 0. The topological polar surface area (TPSA) is 71.1 Å². The molecule has 8 heteroatoms. The van der Waals surface area contributed by atoms with Crippen LogP contribution in [-0.2, 0) is 9.47 Å². The zero-order valence-electron chi connectivity index (χ0n) is 16.5. The van der Waals surface area contributed by atoms with E-state index >= 15 is 0 Å². The van der Waals surface area contributed by atoms with E-state index in [-0.39, 0.29) is 11.5 Å². The van der Waals surface area contributed by atoms with E-state index in [4.69, 9.17) is 18.9 Å². The molecule has 6 nitrogen and oxygen atoms in total. The lowest BCUT2D eigenvalue weighted by Crippen LogP contribution is -2.28. The van der Waals surface area contributed by atoms with Crippen molar-refractivity contribution in [2.24, 2.45) is 0 Å². The third-order valence-electron chi connectivity index (χ3n) is 2.74. The van der Waals surface area contributed by atoms with Gasteiger partial charge in [0.1, 0.15) is 11.2 Å². The van der Waals surface area contributed by atoms with Crippen LogP contribution in [0.4, 0.5) is 9.59 Å². The fourth-order valence-electron chi connectivity index (χ4n) is 1.79. The Bertz CT molecular complexity index is 757. The number of halogens is 2. The number of hydrogen-bond acceptors (Lipinski definition) is 6. The smallest absolute Gasteiger partial charge is 0.428 e. The molecule has 0 spiro atoms. The average Bonchev–Trinajstić information content (AvgIpc) is 2.42. The highest BCUT2D eigenvalue weighted by Gasteiger charge is 2.27. The van der Waals surface area contributed by atoms with Crippen LogP contribution in [0.25, 0.3) is 5.57 Å². The first-order valence-electron chi connectivity index (χ1n) is 8.10. The molecule has 27 heavy (non-hydrogen) atoms. The Hall–Kier alpha value is -1.04. The SMILES string of the molecule is C=C(C)c1cc(I)c(OC(=O)OC(C)(C)C)c(OC(=O)OC(C)(C)C)c1I. The molecule has 0 bridgehead atoms. The molecule has 0 aliphatic rings.